The summed E-state index contributed by atoms with van der Waals surface area (Å²) in [5.41, 5.74) is 1.01. The second-order valence-electron chi connectivity index (χ2n) is 9.21. The van der Waals surface area contributed by atoms with E-state index in [0.717, 1.165) is 75.2 Å². The summed E-state index contributed by atoms with van der Waals surface area (Å²) in [5, 5.41) is 6.99. The Hall–Kier alpha value is -0.870. The lowest BCUT2D eigenvalue weighted by molar-refractivity contribution is 0.147. The number of nitrogens with one attached hydrogen (secondary N) is 2. The number of oxazole rings is 1. The van der Waals surface area contributed by atoms with Crippen LogP contribution in [0.15, 0.2) is 9.41 Å². The Morgan fingerprint density at radius 1 is 1.09 bits per heavy atom. The van der Waals surface area contributed by atoms with Gasteiger partial charge in [-0.25, -0.2) is 4.98 Å². The van der Waals surface area contributed by atoms with Crippen LogP contribution in [0.3, 0.4) is 0 Å². The fourth-order valence-electron chi connectivity index (χ4n) is 4.82. The van der Waals surface area contributed by atoms with Gasteiger partial charge >= 0.3 is 0 Å². The van der Waals surface area contributed by atoms with Gasteiger partial charge < -0.3 is 15.1 Å². The third kappa shape index (κ3) is 8.48. The van der Waals surface area contributed by atoms with Crippen molar-refractivity contribution in [3.05, 3.63) is 17.3 Å². The fraction of sp³-hybridized carbons (Fsp3) is 0.833. The molecule has 2 N–H and O–H groups in total. The van der Waals surface area contributed by atoms with Gasteiger partial charge in [-0.15, -0.1) is 24.0 Å². The first kappa shape index (κ1) is 27.4. The number of aliphatic imine (C=N–C) groups is 1. The molecule has 2 aliphatic rings. The summed E-state index contributed by atoms with van der Waals surface area (Å²) >= 11 is 0. The lowest BCUT2D eigenvalue weighted by Gasteiger charge is -2.35. The number of aryl methyl sites for hydroxylation is 2. The lowest BCUT2D eigenvalue weighted by atomic mass is 9.97. The summed E-state index contributed by atoms with van der Waals surface area (Å²) in [6.45, 7) is 16.6. The minimum Gasteiger partial charge on any atom is -0.444 e. The summed E-state index contributed by atoms with van der Waals surface area (Å²) in [5.74, 6) is 3.42. The van der Waals surface area contributed by atoms with Gasteiger partial charge in [0.1, 0.15) is 5.76 Å². The van der Waals surface area contributed by atoms with Gasteiger partial charge in [-0.1, -0.05) is 13.3 Å². The molecule has 0 aliphatic carbocycles. The Balaban J connectivity index is 0.00000363. The molecule has 1 aromatic heterocycles. The number of hydrogen-bond donors (Lipinski definition) is 2. The molecule has 8 heteroatoms. The minimum atomic E-state index is 0. The molecular weight excluding hydrogens is 515 g/mol. The zero-order valence-corrected chi connectivity index (χ0v) is 23.0. The van der Waals surface area contributed by atoms with E-state index >= 15 is 0 Å². The molecule has 1 aromatic rings. The van der Waals surface area contributed by atoms with Crippen molar-refractivity contribution in [2.45, 2.75) is 78.8 Å². The Morgan fingerprint density at radius 2 is 1.88 bits per heavy atom. The van der Waals surface area contributed by atoms with Crippen LogP contribution in [0.5, 0.6) is 0 Å². The van der Waals surface area contributed by atoms with Gasteiger partial charge in [0.15, 0.2) is 5.96 Å². The van der Waals surface area contributed by atoms with Crippen molar-refractivity contribution in [2.75, 3.05) is 45.8 Å². The highest BCUT2D eigenvalue weighted by atomic mass is 127. The van der Waals surface area contributed by atoms with Crippen molar-refractivity contribution < 1.29 is 4.42 Å². The summed E-state index contributed by atoms with van der Waals surface area (Å²) in [4.78, 5) is 14.5. The van der Waals surface area contributed by atoms with E-state index in [1.165, 1.54) is 45.1 Å². The fourth-order valence-corrected chi connectivity index (χ4v) is 4.82. The van der Waals surface area contributed by atoms with Crippen molar-refractivity contribution >= 4 is 29.9 Å². The maximum Gasteiger partial charge on any atom is 0.208 e. The largest absolute Gasteiger partial charge is 0.444 e. The van der Waals surface area contributed by atoms with Crippen LogP contribution in [-0.2, 0) is 6.54 Å². The average molecular weight is 561 g/mol. The van der Waals surface area contributed by atoms with Gasteiger partial charge in [0.05, 0.1) is 12.2 Å². The summed E-state index contributed by atoms with van der Waals surface area (Å²) in [7, 11) is 0. The topological polar surface area (TPSA) is 68.9 Å². The van der Waals surface area contributed by atoms with Crippen LogP contribution >= 0.6 is 24.0 Å². The minimum absolute atomic E-state index is 0. The predicted molar refractivity (Wildman–Crippen MR) is 143 cm³/mol. The standard InChI is InChI=1S/C24H44N6O.HI/c1-5-22-9-7-8-13-30(22)16-12-26-24(25-6-2)27-17-21-10-14-29(15-11-21)18-23-28-19(3)20(4)31-23;/h21-22H,5-18H2,1-4H3,(H2,25,26,27);1H. The second kappa shape index (κ2) is 14.4. The van der Waals surface area contributed by atoms with Gasteiger partial charge in [0, 0.05) is 32.2 Å². The molecule has 0 bridgehead atoms. The van der Waals surface area contributed by atoms with Crippen LogP contribution in [-0.4, -0.2) is 72.6 Å². The molecule has 184 valence electrons. The normalized spacial score (nSPS) is 21.4. The molecule has 1 unspecified atom stereocenters. The number of aromatic nitrogens is 1. The quantitative estimate of drug-likeness (QED) is 0.271. The molecule has 0 aromatic carbocycles. The second-order valence-corrected chi connectivity index (χ2v) is 9.21. The van der Waals surface area contributed by atoms with Crippen molar-refractivity contribution in [1.82, 2.24) is 25.4 Å². The molecule has 2 saturated heterocycles. The molecule has 3 rings (SSSR count). The van der Waals surface area contributed by atoms with E-state index in [-0.39, 0.29) is 24.0 Å². The number of likely N-dealkylation sites (tertiary alicyclic amines) is 2. The molecular formula is C24H45IN6O. The van der Waals surface area contributed by atoms with E-state index in [0.29, 0.717) is 5.92 Å². The maximum atomic E-state index is 5.75. The third-order valence-corrected chi connectivity index (χ3v) is 6.90. The van der Waals surface area contributed by atoms with E-state index in [2.05, 4.69) is 39.3 Å². The number of nitrogens with zero attached hydrogens (tertiary/aromatic N) is 4. The monoisotopic (exact) mass is 560 g/mol. The molecule has 0 radical (unpaired) electrons. The maximum absolute atomic E-state index is 5.75. The molecule has 3 heterocycles. The summed E-state index contributed by atoms with van der Waals surface area (Å²) < 4.78 is 5.75. The number of piperidine rings is 2. The first-order chi connectivity index (χ1) is 15.1. The van der Waals surface area contributed by atoms with Crippen LogP contribution < -0.4 is 10.6 Å². The Morgan fingerprint density at radius 3 is 2.53 bits per heavy atom. The molecule has 7 nitrogen and oxygen atoms in total. The first-order valence-electron chi connectivity index (χ1n) is 12.5. The summed E-state index contributed by atoms with van der Waals surface area (Å²) in [6, 6.07) is 0.768. The Kier molecular flexibility index (Phi) is 12.3. The molecule has 2 aliphatic heterocycles. The highest BCUT2D eigenvalue weighted by Crippen LogP contribution is 2.20. The molecule has 0 spiro atoms. The Labute approximate surface area is 212 Å². The van der Waals surface area contributed by atoms with Crippen LogP contribution in [0.25, 0.3) is 0 Å². The van der Waals surface area contributed by atoms with Gasteiger partial charge in [-0.2, -0.15) is 0 Å². The van der Waals surface area contributed by atoms with Crippen LogP contribution in [0.1, 0.15) is 69.7 Å². The van der Waals surface area contributed by atoms with Gasteiger partial charge in [-0.05, 0) is 78.4 Å². The number of guanidine groups is 1. The lowest BCUT2D eigenvalue weighted by Crippen LogP contribution is -2.46. The van der Waals surface area contributed by atoms with Crippen LogP contribution in [0.2, 0.25) is 0 Å². The van der Waals surface area contributed by atoms with Gasteiger partial charge in [0.2, 0.25) is 5.89 Å². The summed E-state index contributed by atoms with van der Waals surface area (Å²) in [6.07, 6.45) is 7.74. The number of hydrogen-bond acceptors (Lipinski definition) is 5. The molecule has 0 amide bonds. The first-order valence-corrected chi connectivity index (χ1v) is 12.5. The smallest absolute Gasteiger partial charge is 0.208 e. The van der Waals surface area contributed by atoms with Gasteiger partial charge in [0.25, 0.3) is 0 Å². The van der Waals surface area contributed by atoms with E-state index in [1.54, 1.807) is 0 Å². The zero-order valence-electron chi connectivity index (χ0n) is 20.7. The van der Waals surface area contributed by atoms with Crippen molar-refractivity contribution in [2.24, 2.45) is 10.9 Å². The molecule has 2 fully saturated rings. The van der Waals surface area contributed by atoms with Crippen LogP contribution in [0.4, 0.5) is 0 Å². The van der Waals surface area contributed by atoms with Crippen molar-refractivity contribution in [1.29, 1.82) is 0 Å². The van der Waals surface area contributed by atoms with Crippen LogP contribution in [0, 0.1) is 19.8 Å². The third-order valence-electron chi connectivity index (χ3n) is 6.90. The number of halogens is 1. The highest BCUT2D eigenvalue weighted by molar-refractivity contribution is 14.0. The SMILES string of the molecule is CCNC(=NCC1CCN(Cc2nc(C)c(C)o2)CC1)NCCN1CCCCC1CC.I. The van der Waals surface area contributed by atoms with E-state index < -0.39 is 0 Å². The molecule has 0 saturated carbocycles. The molecule has 1 atom stereocenters. The zero-order chi connectivity index (χ0) is 22.1. The highest BCUT2D eigenvalue weighted by Gasteiger charge is 2.22. The van der Waals surface area contributed by atoms with E-state index in [9.17, 15) is 0 Å². The Bertz CT molecular complexity index is 667. The van der Waals surface area contributed by atoms with E-state index in [1.807, 2.05) is 13.8 Å². The molecule has 32 heavy (non-hydrogen) atoms. The van der Waals surface area contributed by atoms with Crippen molar-refractivity contribution in [3.63, 3.8) is 0 Å². The van der Waals surface area contributed by atoms with Crippen molar-refractivity contribution in [3.8, 4) is 0 Å². The number of rotatable bonds is 9. The van der Waals surface area contributed by atoms with E-state index in [4.69, 9.17) is 9.41 Å². The van der Waals surface area contributed by atoms with Gasteiger partial charge in [-0.3, -0.25) is 14.8 Å². The average Bonchev–Trinajstić information content (AvgIpc) is 3.10. The predicted octanol–water partition coefficient (Wildman–Crippen LogP) is 3.94.